The van der Waals surface area contributed by atoms with E-state index in [0.717, 1.165) is 51.4 Å². The second-order valence-corrected chi connectivity index (χ2v) is 10.1. The van der Waals surface area contributed by atoms with E-state index in [4.69, 9.17) is 23.7 Å². The van der Waals surface area contributed by atoms with Gasteiger partial charge in [-0.25, -0.2) is 4.79 Å². The minimum atomic E-state index is -2.82. The fourth-order valence-electron chi connectivity index (χ4n) is 2.93. The Morgan fingerprint density at radius 2 is 0.941 bits per heavy atom. The minimum absolute atomic E-state index is 0.160. The van der Waals surface area contributed by atoms with E-state index in [-0.39, 0.29) is 38.6 Å². The molecule has 0 aromatic carbocycles. The summed E-state index contributed by atoms with van der Waals surface area (Å²) < 4.78 is 45.4. The van der Waals surface area contributed by atoms with Crippen LogP contribution in [0.25, 0.3) is 0 Å². The molecular weight excluding hydrogens is 455 g/mol. The SMILES string of the molecule is C=C(C)C(=O)[P+](=O)C(OCCCC)(OCCCC)C(OCCCC)(OCCCC)OCCCC. The number of ether oxygens (including phenoxy) is 5. The normalized spacial score (nSPS) is 12.7. The van der Waals surface area contributed by atoms with Gasteiger partial charge in [0.1, 0.15) is 0 Å². The minimum Gasteiger partial charge on any atom is -0.319 e. The summed E-state index contributed by atoms with van der Waals surface area (Å²) in [5.41, 5.74) is -2.52. The number of carbonyl (C=O) groups excluding carboxylic acids is 1. The van der Waals surface area contributed by atoms with Crippen LogP contribution in [0.5, 0.6) is 0 Å². The molecule has 0 aliphatic rings. The van der Waals surface area contributed by atoms with Crippen LogP contribution in [0.15, 0.2) is 12.2 Å². The van der Waals surface area contributed by atoms with Gasteiger partial charge in [-0.3, -0.25) is 0 Å². The summed E-state index contributed by atoms with van der Waals surface area (Å²) >= 11 is 0. The van der Waals surface area contributed by atoms with Gasteiger partial charge in [0.05, 0.1) is 33.0 Å². The number of rotatable bonds is 24. The van der Waals surface area contributed by atoms with E-state index in [2.05, 4.69) is 27.4 Å². The van der Waals surface area contributed by atoms with Crippen LogP contribution in [-0.2, 0) is 33.0 Å². The summed E-state index contributed by atoms with van der Waals surface area (Å²) in [6.45, 7) is 16.8. The van der Waals surface area contributed by atoms with Crippen LogP contribution < -0.4 is 0 Å². The highest BCUT2D eigenvalue weighted by Crippen LogP contribution is 2.53. The maximum absolute atomic E-state index is 14.0. The largest absolute Gasteiger partial charge is 0.495 e. The van der Waals surface area contributed by atoms with E-state index in [1.165, 1.54) is 6.92 Å². The third-order valence-electron chi connectivity index (χ3n) is 5.16. The third-order valence-corrected chi connectivity index (χ3v) is 6.98. The van der Waals surface area contributed by atoms with Gasteiger partial charge in [0, 0.05) is 5.57 Å². The zero-order valence-electron chi connectivity index (χ0n) is 22.6. The smallest absolute Gasteiger partial charge is 0.319 e. The van der Waals surface area contributed by atoms with Crippen LogP contribution in [0.1, 0.15) is 106 Å². The maximum atomic E-state index is 14.0. The van der Waals surface area contributed by atoms with Crippen LogP contribution in [0, 0.1) is 0 Å². The van der Waals surface area contributed by atoms with Gasteiger partial charge in [-0.2, -0.15) is 0 Å². The topological polar surface area (TPSA) is 80.3 Å². The van der Waals surface area contributed by atoms with Crippen LogP contribution in [0.4, 0.5) is 0 Å². The van der Waals surface area contributed by atoms with Gasteiger partial charge in [-0.15, -0.1) is 0 Å². The van der Waals surface area contributed by atoms with Crippen LogP contribution in [-0.4, -0.2) is 50.1 Å². The molecule has 0 rings (SSSR count). The van der Waals surface area contributed by atoms with Crippen molar-refractivity contribution in [2.24, 2.45) is 0 Å². The Morgan fingerprint density at radius 3 is 1.21 bits per heavy atom. The Hall–Kier alpha value is -0.690. The Kier molecular flexibility index (Phi) is 19.1. The molecule has 0 aromatic rings. The van der Waals surface area contributed by atoms with E-state index in [9.17, 15) is 9.36 Å². The van der Waals surface area contributed by atoms with Crippen molar-refractivity contribution in [2.75, 3.05) is 33.0 Å². The standard InChI is InChI=1S/C26H50O7P/c1-8-13-18-29-25(30-19-14-9-2,31-20-15-10-3)26(32-21-16-11-4,33-22-17-12-5)34(28)24(27)23(6)7/h6,8-22H2,1-5,7H3/q+1. The molecule has 34 heavy (non-hydrogen) atoms. The highest BCUT2D eigenvalue weighted by atomic mass is 31.1. The molecular formula is C26H50O7P+. The lowest BCUT2D eigenvalue weighted by Crippen LogP contribution is -2.61. The van der Waals surface area contributed by atoms with E-state index < -0.39 is 24.8 Å². The molecule has 200 valence electrons. The molecule has 0 fully saturated rings. The quantitative estimate of drug-likeness (QED) is 0.0589. The van der Waals surface area contributed by atoms with Gasteiger partial charge in [-0.05, 0) is 39.0 Å². The van der Waals surface area contributed by atoms with E-state index in [0.29, 0.717) is 12.8 Å². The Bertz CT molecular complexity index is 543. The Labute approximate surface area is 209 Å². The molecule has 8 heteroatoms. The molecule has 0 radical (unpaired) electrons. The van der Waals surface area contributed by atoms with Crippen LogP contribution in [0.3, 0.4) is 0 Å². The Morgan fingerprint density at radius 1 is 0.647 bits per heavy atom. The van der Waals surface area contributed by atoms with Crippen molar-refractivity contribution in [1.82, 2.24) is 0 Å². The van der Waals surface area contributed by atoms with Gasteiger partial charge >= 0.3 is 24.8 Å². The van der Waals surface area contributed by atoms with Gasteiger partial charge in [0.15, 0.2) is 0 Å². The Balaban J connectivity index is 6.78. The first kappa shape index (κ1) is 33.3. The van der Waals surface area contributed by atoms with Crippen LogP contribution in [0.2, 0.25) is 0 Å². The number of allylic oxidation sites excluding steroid dienone is 1. The van der Waals surface area contributed by atoms with Crippen molar-refractivity contribution >= 4 is 13.3 Å². The lowest BCUT2D eigenvalue weighted by atomic mass is 10.3. The second-order valence-electron chi connectivity index (χ2n) is 8.53. The maximum Gasteiger partial charge on any atom is 0.495 e. The molecule has 0 aliphatic heterocycles. The van der Waals surface area contributed by atoms with Crippen molar-refractivity contribution in [1.29, 1.82) is 0 Å². The molecule has 0 bridgehead atoms. The summed E-state index contributed by atoms with van der Waals surface area (Å²) in [5, 5.41) is 0. The number of carbonyl (C=O) groups is 1. The molecule has 0 heterocycles. The van der Waals surface area contributed by atoms with Crippen molar-refractivity contribution in [2.45, 2.75) is 117 Å². The highest BCUT2D eigenvalue weighted by Gasteiger charge is 2.75. The third kappa shape index (κ3) is 10.5. The first-order valence-corrected chi connectivity index (χ1v) is 14.4. The van der Waals surface area contributed by atoms with Gasteiger partial charge < -0.3 is 23.7 Å². The highest BCUT2D eigenvalue weighted by molar-refractivity contribution is 7.65. The fourth-order valence-corrected chi connectivity index (χ4v) is 4.40. The van der Waals surface area contributed by atoms with Crippen molar-refractivity contribution in [3.05, 3.63) is 12.2 Å². The first-order chi connectivity index (χ1) is 16.3. The first-order valence-electron chi connectivity index (χ1n) is 13.2. The van der Waals surface area contributed by atoms with Gasteiger partial charge in [-0.1, -0.05) is 77.9 Å². The van der Waals surface area contributed by atoms with Crippen molar-refractivity contribution in [3.63, 3.8) is 0 Å². The van der Waals surface area contributed by atoms with Crippen LogP contribution >= 0.6 is 7.80 Å². The van der Waals surface area contributed by atoms with Gasteiger partial charge in [0.2, 0.25) is 0 Å². The lowest BCUT2D eigenvalue weighted by molar-refractivity contribution is -0.472. The molecule has 0 aromatic heterocycles. The molecule has 7 nitrogen and oxygen atoms in total. The lowest BCUT2D eigenvalue weighted by Gasteiger charge is -2.40. The number of unbranched alkanes of at least 4 members (excludes halogenated alkanes) is 5. The van der Waals surface area contributed by atoms with E-state index in [1.54, 1.807) is 0 Å². The average molecular weight is 506 g/mol. The zero-order valence-corrected chi connectivity index (χ0v) is 23.5. The molecule has 1 unspecified atom stereocenters. The van der Waals surface area contributed by atoms with Crippen molar-refractivity contribution < 1.29 is 33.0 Å². The monoisotopic (exact) mass is 505 g/mol. The van der Waals surface area contributed by atoms with Crippen molar-refractivity contribution in [3.8, 4) is 0 Å². The zero-order chi connectivity index (χ0) is 25.9. The molecule has 0 N–H and O–H groups in total. The summed E-state index contributed by atoms with van der Waals surface area (Å²) in [5.74, 6) is -1.94. The summed E-state index contributed by atoms with van der Waals surface area (Å²) in [7, 11) is -2.82. The molecule has 0 saturated carbocycles. The fraction of sp³-hybridized carbons (Fsp3) is 0.885. The average Bonchev–Trinajstić information content (AvgIpc) is 2.82. The summed E-state index contributed by atoms with van der Waals surface area (Å²) in [6, 6.07) is 0. The molecule has 0 amide bonds. The predicted octanol–water partition coefficient (Wildman–Crippen LogP) is 7.31. The predicted molar refractivity (Wildman–Crippen MR) is 137 cm³/mol. The second kappa shape index (κ2) is 19.5. The molecule has 1 atom stereocenters. The summed E-state index contributed by atoms with van der Waals surface area (Å²) in [4.78, 5) is 13.1. The molecule has 0 saturated heterocycles. The van der Waals surface area contributed by atoms with Gasteiger partial charge in [0.25, 0.3) is 0 Å². The molecule has 0 spiro atoms. The summed E-state index contributed by atoms with van der Waals surface area (Å²) in [6.07, 6.45) is 7.96. The number of hydrogen-bond acceptors (Lipinski definition) is 7. The van der Waals surface area contributed by atoms with E-state index >= 15 is 0 Å². The number of hydrogen-bond donors (Lipinski definition) is 0. The molecule has 0 aliphatic carbocycles. The van der Waals surface area contributed by atoms with E-state index in [1.807, 2.05) is 13.8 Å².